The molecule has 0 aliphatic carbocycles. The molecule has 2 aromatic heterocycles. The minimum atomic E-state index is -1.13. The van der Waals surface area contributed by atoms with Crippen LogP contribution in [-0.2, 0) is 12.1 Å². The molecule has 25 heavy (non-hydrogen) atoms. The van der Waals surface area contributed by atoms with E-state index in [0.29, 0.717) is 30.7 Å². The number of aliphatic imine (C=N–C) groups is 1. The van der Waals surface area contributed by atoms with Gasteiger partial charge in [0.1, 0.15) is 17.1 Å². The van der Waals surface area contributed by atoms with Crippen molar-refractivity contribution in [2.45, 2.75) is 32.9 Å². The normalized spacial score (nSPS) is 14.0. The monoisotopic (exact) mass is 346 g/mol. The van der Waals surface area contributed by atoms with Crippen LogP contribution in [0.1, 0.15) is 30.9 Å². The van der Waals surface area contributed by atoms with Gasteiger partial charge < -0.3 is 24.9 Å². The van der Waals surface area contributed by atoms with E-state index in [4.69, 9.17) is 9.15 Å². The van der Waals surface area contributed by atoms with Gasteiger partial charge in [0.15, 0.2) is 5.96 Å². The molecule has 0 aliphatic heterocycles. The van der Waals surface area contributed by atoms with Gasteiger partial charge in [-0.25, -0.2) is 9.98 Å². The highest BCUT2D eigenvalue weighted by Crippen LogP contribution is 2.21. The molecule has 7 nitrogen and oxygen atoms in total. The number of guanidine groups is 1. The number of ether oxygens (including phenoxy) is 1. The molecular formula is C18H26N4O3. The third-order valence-electron chi connectivity index (χ3n) is 3.64. The van der Waals surface area contributed by atoms with Crippen molar-refractivity contribution in [3.8, 4) is 5.88 Å². The van der Waals surface area contributed by atoms with Crippen molar-refractivity contribution in [3.63, 3.8) is 0 Å². The highest BCUT2D eigenvalue weighted by atomic mass is 16.5. The van der Waals surface area contributed by atoms with Gasteiger partial charge in [0.2, 0.25) is 5.88 Å². The molecule has 0 saturated heterocycles. The molecule has 0 bridgehead atoms. The highest BCUT2D eigenvalue weighted by molar-refractivity contribution is 5.79. The lowest BCUT2D eigenvalue weighted by Crippen LogP contribution is -2.44. The van der Waals surface area contributed by atoms with Crippen molar-refractivity contribution in [3.05, 3.63) is 47.5 Å². The maximum Gasteiger partial charge on any atom is 0.213 e. The number of pyridine rings is 1. The average Bonchev–Trinajstić information content (AvgIpc) is 3.05. The molecule has 2 rings (SSSR count). The molecule has 3 N–H and O–H groups in total. The zero-order chi connectivity index (χ0) is 18.3. The van der Waals surface area contributed by atoms with Crippen molar-refractivity contribution >= 4 is 5.96 Å². The van der Waals surface area contributed by atoms with E-state index >= 15 is 0 Å². The lowest BCUT2D eigenvalue weighted by atomic mass is 10.0. The van der Waals surface area contributed by atoms with E-state index < -0.39 is 5.60 Å². The number of aromatic nitrogens is 1. The van der Waals surface area contributed by atoms with Crippen LogP contribution in [-0.4, -0.2) is 36.2 Å². The van der Waals surface area contributed by atoms with Crippen LogP contribution in [0.15, 0.2) is 39.9 Å². The SMILES string of the molecule is CCNC(=NCc1ccnc(OC)c1)NCC(C)(O)c1ccc(C)o1. The van der Waals surface area contributed by atoms with E-state index in [-0.39, 0.29) is 6.54 Å². The summed E-state index contributed by atoms with van der Waals surface area (Å²) in [7, 11) is 1.58. The fraction of sp³-hybridized carbons (Fsp3) is 0.444. The van der Waals surface area contributed by atoms with E-state index in [1.807, 2.05) is 32.0 Å². The molecule has 0 aliphatic rings. The number of methoxy groups -OCH3 is 1. The highest BCUT2D eigenvalue weighted by Gasteiger charge is 2.27. The van der Waals surface area contributed by atoms with Crippen LogP contribution in [0.2, 0.25) is 0 Å². The summed E-state index contributed by atoms with van der Waals surface area (Å²) in [4.78, 5) is 8.61. The van der Waals surface area contributed by atoms with Crippen LogP contribution in [0.4, 0.5) is 0 Å². The number of hydrogen-bond donors (Lipinski definition) is 3. The molecule has 1 atom stereocenters. The largest absolute Gasteiger partial charge is 0.481 e. The van der Waals surface area contributed by atoms with E-state index in [1.54, 1.807) is 26.3 Å². The number of nitrogens with zero attached hydrogens (tertiary/aromatic N) is 2. The first-order valence-electron chi connectivity index (χ1n) is 8.25. The Bertz CT molecular complexity index is 710. The molecule has 1 unspecified atom stereocenters. The molecule has 7 heteroatoms. The molecule has 136 valence electrons. The topological polar surface area (TPSA) is 91.9 Å². The van der Waals surface area contributed by atoms with E-state index in [9.17, 15) is 5.11 Å². The maximum absolute atomic E-state index is 10.6. The van der Waals surface area contributed by atoms with E-state index in [0.717, 1.165) is 11.3 Å². The maximum atomic E-state index is 10.6. The molecule has 0 spiro atoms. The van der Waals surface area contributed by atoms with Crippen LogP contribution in [0.25, 0.3) is 0 Å². The Labute approximate surface area is 148 Å². The molecule has 2 heterocycles. The van der Waals surface area contributed by atoms with E-state index in [2.05, 4.69) is 20.6 Å². The molecule has 0 radical (unpaired) electrons. The Kier molecular flexibility index (Phi) is 6.41. The lowest BCUT2D eigenvalue weighted by Gasteiger charge is -2.22. The van der Waals surface area contributed by atoms with Gasteiger partial charge >= 0.3 is 0 Å². The Hall–Kier alpha value is -2.54. The predicted molar refractivity (Wildman–Crippen MR) is 96.6 cm³/mol. The molecule has 0 amide bonds. The Balaban J connectivity index is 2.01. The van der Waals surface area contributed by atoms with Crippen LogP contribution in [0.3, 0.4) is 0 Å². The fourth-order valence-electron chi connectivity index (χ4n) is 2.24. The number of aryl methyl sites for hydroxylation is 1. The van der Waals surface area contributed by atoms with Gasteiger partial charge in [0.05, 0.1) is 20.2 Å². The summed E-state index contributed by atoms with van der Waals surface area (Å²) < 4.78 is 10.6. The number of furan rings is 1. The van der Waals surface area contributed by atoms with Gasteiger partial charge in [-0.2, -0.15) is 0 Å². The first-order valence-corrected chi connectivity index (χ1v) is 8.25. The Morgan fingerprint density at radius 1 is 1.36 bits per heavy atom. The molecule has 0 saturated carbocycles. The molecule has 0 aromatic carbocycles. The van der Waals surface area contributed by atoms with Crippen LogP contribution >= 0.6 is 0 Å². The standard InChI is InChI=1S/C18H26N4O3/c1-5-19-17(21-11-14-8-9-20-16(10-14)24-4)22-12-18(3,23)15-7-6-13(2)25-15/h6-10,23H,5,11-12H2,1-4H3,(H2,19,21,22). The minimum absolute atomic E-state index is 0.269. The zero-order valence-corrected chi connectivity index (χ0v) is 15.2. The Morgan fingerprint density at radius 2 is 2.16 bits per heavy atom. The van der Waals surface area contributed by atoms with Crippen molar-refractivity contribution in [2.75, 3.05) is 20.2 Å². The van der Waals surface area contributed by atoms with Crippen molar-refractivity contribution in [1.29, 1.82) is 0 Å². The van der Waals surface area contributed by atoms with Gasteiger partial charge in [-0.1, -0.05) is 0 Å². The van der Waals surface area contributed by atoms with Crippen molar-refractivity contribution in [2.24, 2.45) is 4.99 Å². The minimum Gasteiger partial charge on any atom is -0.481 e. The number of aliphatic hydroxyl groups is 1. The van der Waals surface area contributed by atoms with E-state index in [1.165, 1.54) is 0 Å². The van der Waals surface area contributed by atoms with Gasteiger partial charge in [-0.3, -0.25) is 0 Å². The third kappa shape index (κ3) is 5.49. The first-order chi connectivity index (χ1) is 11.9. The summed E-state index contributed by atoms with van der Waals surface area (Å²) in [6, 6.07) is 7.34. The molecule has 2 aromatic rings. The summed E-state index contributed by atoms with van der Waals surface area (Å²) in [6.07, 6.45) is 1.69. The summed E-state index contributed by atoms with van der Waals surface area (Å²) in [5.74, 6) is 2.46. The van der Waals surface area contributed by atoms with Gasteiger partial charge in [0.25, 0.3) is 0 Å². The van der Waals surface area contributed by atoms with Crippen LogP contribution in [0, 0.1) is 6.92 Å². The average molecular weight is 346 g/mol. The number of nitrogens with one attached hydrogen (secondary N) is 2. The summed E-state index contributed by atoms with van der Waals surface area (Å²) >= 11 is 0. The summed E-state index contributed by atoms with van der Waals surface area (Å²) in [6.45, 7) is 6.99. The molecule has 0 fully saturated rings. The number of rotatable bonds is 7. The second-order valence-corrected chi connectivity index (χ2v) is 5.94. The predicted octanol–water partition coefficient (Wildman–Crippen LogP) is 1.95. The lowest BCUT2D eigenvalue weighted by molar-refractivity contribution is 0.0378. The first kappa shape index (κ1) is 18.8. The zero-order valence-electron chi connectivity index (χ0n) is 15.2. The van der Waals surface area contributed by atoms with Crippen molar-refractivity contribution < 1.29 is 14.3 Å². The van der Waals surface area contributed by atoms with Crippen molar-refractivity contribution in [1.82, 2.24) is 15.6 Å². The van der Waals surface area contributed by atoms with Gasteiger partial charge in [0, 0.05) is 18.8 Å². The summed E-state index contributed by atoms with van der Waals surface area (Å²) in [5, 5.41) is 16.9. The molecular weight excluding hydrogens is 320 g/mol. The Morgan fingerprint density at radius 3 is 2.80 bits per heavy atom. The fourth-order valence-corrected chi connectivity index (χ4v) is 2.24. The smallest absolute Gasteiger partial charge is 0.213 e. The van der Waals surface area contributed by atoms with Crippen LogP contribution in [0.5, 0.6) is 5.88 Å². The van der Waals surface area contributed by atoms with Gasteiger partial charge in [-0.05, 0) is 44.5 Å². The number of hydrogen-bond acceptors (Lipinski definition) is 5. The summed E-state index contributed by atoms with van der Waals surface area (Å²) in [5.41, 5.74) is -0.151. The second-order valence-electron chi connectivity index (χ2n) is 5.94. The van der Waals surface area contributed by atoms with Gasteiger partial charge in [-0.15, -0.1) is 0 Å². The van der Waals surface area contributed by atoms with Crippen LogP contribution < -0.4 is 15.4 Å². The quantitative estimate of drug-likeness (QED) is 0.524. The third-order valence-corrected chi connectivity index (χ3v) is 3.64. The second kappa shape index (κ2) is 8.53.